The number of hydrogen-bond acceptors (Lipinski definition) is 1. The summed E-state index contributed by atoms with van der Waals surface area (Å²) in [6.07, 6.45) is 2.01. The highest BCUT2D eigenvalue weighted by Gasteiger charge is 2.28. The molecule has 1 aromatic heterocycles. The van der Waals surface area contributed by atoms with E-state index in [0.29, 0.717) is 0 Å². The third-order valence-corrected chi connectivity index (χ3v) is 9.19. The third-order valence-electron chi connectivity index (χ3n) is 9.19. The predicted octanol–water partition coefficient (Wildman–Crippen LogP) is 8.57. The average molecular weight is 554 g/mol. The molecular weight excluding hydrogens is 517 g/mol. The zero-order valence-electron chi connectivity index (χ0n) is 25.9. The summed E-state index contributed by atoms with van der Waals surface area (Å²) in [7, 11) is 0. The molecule has 0 atom stereocenters. The van der Waals surface area contributed by atoms with Gasteiger partial charge in [-0.25, -0.2) is 0 Å². The number of aromatic nitrogens is 1. The van der Waals surface area contributed by atoms with E-state index >= 15 is 0 Å². The van der Waals surface area contributed by atoms with Crippen molar-refractivity contribution in [2.75, 3.05) is 0 Å². The Labute approximate surface area is 255 Å². The number of hydrogen-bond donors (Lipinski definition) is 0. The van der Waals surface area contributed by atoms with Crippen molar-refractivity contribution in [2.24, 2.45) is 0 Å². The van der Waals surface area contributed by atoms with E-state index in [1.807, 2.05) is 6.20 Å². The molecule has 0 saturated heterocycles. The molecule has 1 heterocycles. The molecule has 2 heteroatoms. The molecule has 0 unspecified atom stereocenters. The number of nitrogens with zero attached hydrogens (tertiary/aromatic N) is 1. The van der Waals surface area contributed by atoms with Crippen molar-refractivity contribution < 1.29 is 0 Å². The SMILES string of the molecule is Cc1cc(C)c(B(c2cccc(-c3cccc4c3ccc3cnc5ccccc5c34)c2)c2c(C)cc(C)cc2C)c(C)c1. The molecule has 0 aliphatic carbocycles. The van der Waals surface area contributed by atoms with Crippen molar-refractivity contribution in [1.82, 2.24) is 4.98 Å². The first-order valence-electron chi connectivity index (χ1n) is 15.2. The summed E-state index contributed by atoms with van der Waals surface area (Å²) in [6.45, 7) is 13.7. The van der Waals surface area contributed by atoms with Crippen LogP contribution >= 0.6 is 0 Å². The van der Waals surface area contributed by atoms with Gasteiger partial charge < -0.3 is 0 Å². The second-order valence-electron chi connectivity index (χ2n) is 12.4. The number of aryl methyl sites for hydroxylation is 6. The van der Waals surface area contributed by atoms with Gasteiger partial charge in [-0.15, -0.1) is 0 Å². The molecule has 208 valence electrons. The van der Waals surface area contributed by atoms with Crippen LogP contribution in [0.15, 0.2) is 109 Å². The lowest BCUT2D eigenvalue weighted by molar-refractivity contribution is 1.34. The van der Waals surface area contributed by atoms with Crippen LogP contribution < -0.4 is 16.4 Å². The van der Waals surface area contributed by atoms with Crippen LogP contribution in [0.1, 0.15) is 33.4 Å². The van der Waals surface area contributed by atoms with E-state index in [9.17, 15) is 0 Å². The maximum atomic E-state index is 4.72. The van der Waals surface area contributed by atoms with Crippen molar-refractivity contribution >= 4 is 55.5 Å². The minimum atomic E-state index is 0.145. The smallest absolute Gasteiger partial charge is 0.242 e. The van der Waals surface area contributed by atoms with E-state index in [-0.39, 0.29) is 6.71 Å². The number of fused-ring (bicyclic) bond motifs is 5. The van der Waals surface area contributed by atoms with Crippen LogP contribution in [0.5, 0.6) is 0 Å². The molecule has 0 amide bonds. The van der Waals surface area contributed by atoms with Crippen LogP contribution in [0.25, 0.3) is 43.6 Å². The number of pyridine rings is 1. The Hall–Kier alpha value is -4.69. The zero-order chi connectivity index (χ0) is 29.8. The lowest BCUT2D eigenvalue weighted by Crippen LogP contribution is -2.55. The van der Waals surface area contributed by atoms with Crippen LogP contribution in [0.3, 0.4) is 0 Å². The normalized spacial score (nSPS) is 11.5. The maximum absolute atomic E-state index is 4.72. The minimum Gasteiger partial charge on any atom is -0.256 e. The van der Waals surface area contributed by atoms with Gasteiger partial charge >= 0.3 is 0 Å². The fourth-order valence-electron chi connectivity index (χ4n) is 7.63. The second-order valence-corrected chi connectivity index (χ2v) is 12.4. The lowest BCUT2D eigenvalue weighted by atomic mass is 9.34. The monoisotopic (exact) mass is 553 g/mol. The summed E-state index contributed by atoms with van der Waals surface area (Å²) in [5.74, 6) is 0. The molecule has 0 saturated carbocycles. The van der Waals surface area contributed by atoms with Gasteiger partial charge in [0.05, 0.1) is 5.52 Å². The molecule has 7 aromatic rings. The zero-order valence-corrected chi connectivity index (χ0v) is 25.9. The fourth-order valence-corrected chi connectivity index (χ4v) is 7.63. The molecule has 0 N–H and O–H groups in total. The molecular formula is C41H36BN. The minimum absolute atomic E-state index is 0.145. The van der Waals surface area contributed by atoms with Gasteiger partial charge in [-0.2, -0.15) is 0 Å². The molecule has 0 aliphatic heterocycles. The van der Waals surface area contributed by atoms with Gasteiger partial charge in [-0.1, -0.05) is 147 Å². The van der Waals surface area contributed by atoms with Crippen LogP contribution in [0, 0.1) is 41.5 Å². The Morgan fingerprint density at radius 2 is 1.12 bits per heavy atom. The van der Waals surface area contributed by atoms with E-state index in [0.717, 1.165) is 5.52 Å². The highest BCUT2D eigenvalue weighted by molar-refractivity contribution is 6.96. The van der Waals surface area contributed by atoms with Gasteiger partial charge in [0.1, 0.15) is 0 Å². The summed E-state index contributed by atoms with van der Waals surface area (Å²) in [5, 5.41) is 6.19. The second kappa shape index (κ2) is 10.5. The molecule has 0 spiro atoms. The van der Waals surface area contributed by atoms with Gasteiger partial charge in [0.25, 0.3) is 0 Å². The molecule has 43 heavy (non-hydrogen) atoms. The van der Waals surface area contributed by atoms with Gasteiger partial charge in [0.15, 0.2) is 0 Å². The van der Waals surface area contributed by atoms with E-state index < -0.39 is 0 Å². The molecule has 1 nitrogen and oxygen atoms in total. The summed E-state index contributed by atoms with van der Waals surface area (Å²) in [6, 6.07) is 38.4. The Balaban J connectivity index is 1.48. The van der Waals surface area contributed by atoms with Gasteiger partial charge in [0, 0.05) is 22.4 Å². The van der Waals surface area contributed by atoms with E-state index in [1.54, 1.807) is 0 Å². The topological polar surface area (TPSA) is 12.9 Å². The summed E-state index contributed by atoms with van der Waals surface area (Å²) >= 11 is 0. The number of para-hydroxylation sites is 1. The lowest BCUT2D eigenvalue weighted by Gasteiger charge is -2.25. The van der Waals surface area contributed by atoms with Crippen LogP contribution in [-0.2, 0) is 0 Å². The Morgan fingerprint density at radius 3 is 1.79 bits per heavy atom. The predicted molar refractivity (Wildman–Crippen MR) is 188 cm³/mol. The Bertz CT molecular complexity index is 2100. The number of rotatable bonds is 4. The van der Waals surface area contributed by atoms with Crippen LogP contribution in [0.2, 0.25) is 0 Å². The highest BCUT2D eigenvalue weighted by atomic mass is 14.6. The quantitative estimate of drug-likeness (QED) is 0.157. The Morgan fingerprint density at radius 1 is 0.512 bits per heavy atom. The standard InChI is InChI=1S/C41H36BN/c1-25-19-27(3)40(28(4)20-25)42(41-29(5)21-26(2)22-30(41)6)33-12-9-11-31(23-33)34-14-10-15-36-35(34)18-17-32-24-43-38-16-8-7-13-37(38)39(32)36/h7-24H,1-6H3. The van der Waals surface area contributed by atoms with Crippen LogP contribution in [0.4, 0.5) is 0 Å². The van der Waals surface area contributed by atoms with Gasteiger partial charge in [0.2, 0.25) is 6.71 Å². The van der Waals surface area contributed by atoms with Gasteiger partial charge in [-0.3, -0.25) is 4.98 Å². The first-order valence-corrected chi connectivity index (χ1v) is 15.2. The first kappa shape index (κ1) is 27.2. The first-order chi connectivity index (χ1) is 20.8. The van der Waals surface area contributed by atoms with E-state index in [1.165, 1.54) is 87.8 Å². The van der Waals surface area contributed by atoms with Crippen molar-refractivity contribution in [1.29, 1.82) is 0 Å². The molecule has 0 fully saturated rings. The molecule has 0 bridgehead atoms. The van der Waals surface area contributed by atoms with Crippen LogP contribution in [-0.4, -0.2) is 11.7 Å². The summed E-state index contributed by atoms with van der Waals surface area (Å²) in [4.78, 5) is 4.72. The third kappa shape index (κ3) is 4.62. The van der Waals surface area contributed by atoms with E-state index in [4.69, 9.17) is 4.98 Å². The summed E-state index contributed by atoms with van der Waals surface area (Å²) < 4.78 is 0. The molecule has 6 aromatic carbocycles. The van der Waals surface area contributed by atoms with E-state index in [2.05, 4.69) is 145 Å². The number of benzene rings is 6. The largest absolute Gasteiger partial charge is 0.256 e. The van der Waals surface area contributed by atoms with Crippen molar-refractivity contribution in [3.63, 3.8) is 0 Å². The van der Waals surface area contributed by atoms with Crippen molar-refractivity contribution in [3.8, 4) is 11.1 Å². The Kier molecular flexibility index (Phi) is 6.66. The molecule has 0 radical (unpaired) electrons. The highest BCUT2D eigenvalue weighted by Crippen LogP contribution is 2.36. The van der Waals surface area contributed by atoms with Gasteiger partial charge in [-0.05, 0) is 69.5 Å². The summed E-state index contributed by atoms with van der Waals surface area (Å²) in [5.41, 5.74) is 15.7. The average Bonchev–Trinajstić information content (AvgIpc) is 2.98. The molecule has 0 aliphatic rings. The van der Waals surface area contributed by atoms with Crippen molar-refractivity contribution in [2.45, 2.75) is 41.5 Å². The molecule has 7 rings (SSSR count). The fraction of sp³-hybridized carbons (Fsp3) is 0.146. The maximum Gasteiger partial charge on any atom is 0.242 e. The van der Waals surface area contributed by atoms with Crippen molar-refractivity contribution in [3.05, 3.63) is 143 Å².